The molecule has 5 rings (SSSR count). The molecule has 0 aliphatic carbocycles. The third-order valence-electron chi connectivity index (χ3n) is 8.17. The van der Waals surface area contributed by atoms with Gasteiger partial charge in [-0.05, 0) is 48.5 Å². The predicted molar refractivity (Wildman–Crippen MR) is 161 cm³/mol. The molecule has 0 radical (unpaired) electrons. The van der Waals surface area contributed by atoms with Crippen molar-refractivity contribution in [3.63, 3.8) is 0 Å². The number of halogens is 1. The van der Waals surface area contributed by atoms with Crippen LogP contribution in [0.2, 0.25) is 18.1 Å². The summed E-state index contributed by atoms with van der Waals surface area (Å²) < 4.78 is 48.8. The third-order valence-corrected chi connectivity index (χ3v) is 14.2. The van der Waals surface area contributed by atoms with Crippen LogP contribution in [0.15, 0.2) is 71.9 Å². The topological polar surface area (TPSA) is 106 Å². The first-order valence-electron chi connectivity index (χ1n) is 13.9. The Kier molecular flexibility index (Phi) is 8.09. The summed E-state index contributed by atoms with van der Waals surface area (Å²) in [5.74, 6) is -0.797. The highest BCUT2D eigenvalue weighted by Crippen LogP contribution is 2.36. The average Bonchev–Trinajstić information content (AvgIpc) is 3.53. The van der Waals surface area contributed by atoms with Crippen molar-refractivity contribution in [1.29, 1.82) is 0 Å². The van der Waals surface area contributed by atoms with E-state index in [9.17, 15) is 17.6 Å². The van der Waals surface area contributed by atoms with Crippen molar-refractivity contribution in [2.45, 2.75) is 62.9 Å². The van der Waals surface area contributed by atoms with Crippen LogP contribution in [-0.2, 0) is 32.3 Å². The molecule has 1 unspecified atom stereocenters. The number of nitrogens with one attached hydrogen (secondary N) is 1. The molecule has 2 aromatic heterocycles. The zero-order valence-corrected chi connectivity index (χ0v) is 26.3. The van der Waals surface area contributed by atoms with Crippen LogP contribution >= 0.6 is 0 Å². The maximum Gasteiger partial charge on any atom is 0.282 e. The Bertz CT molecular complexity index is 1710. The van der Waals surface area contributed by atoms with Gasteiger partial charge in [0.2, 0.25) is 5.91 Å². The van der Waals surface area contributed by atoms with E-state index < -0.39 is 30.2 Å². The lowest BCUT2D eigenvalue weighted by Gasteiger charge is -2.36. The standard InChI is InChI=1S/C30H36FN5O4SSi/c1-30(2,3)42(4,5)40-16-15-33-28(24-10-6-7-11-25(24)31)29(37)35-18-22-19-36(34-27(22)20-35)41(38,39)23-12-13-26-21(17-23)9-8-14-32-26/h6-14,17,19,28,33H,15-16,18,20H2,1-5H3. The summed E-state index contributed by atoms with van der Waals surface area (Å²) in [5.41, 5.74) is 2.06. The van der Waals surface area contributed by atoms with Gasteiger partial charge in [0, 0.05) is 48.6 Å². The van der Waals surface area contributed by atoms with Crippen molar-refractivity contribution in [3.05, 3.63) is 89.6 Å². The third kappa shape index (κ3) is 5.89. The number of fused-ring (bicyclic) bond motifs is 2. The quantitative estimate of drug-likeness (QED) is 0.210. The molecule has 1 N–H and O–H groups in total. The Morgan fingerprint density at radius 3 is 2.60 bits per heavy atom. The normalized spacial score (nSPS) is 14.8. The zero-order valence-electron chi connectivity index (χ0n) is 24.5. The van der Waals surface area contributed by atoms with E-state index in [4.69, 9.17) is 4.43 Å². The van der Waals surface area contributed by atoms with Gasteiger partial charge in [0.05, 0.1) is 22.7 Å². The summed E-state index contributed by atoms with van der Waals surface area (Å²) in [7, 11) is -5.93. The molecular weight excluding hydrogens is 574 g/mol. The van der Waals surface area contributed by atoms with Gasteiger partial charge in [-0.3, -0.25) is 15.1 Å². The first-order valence-corrected chi connectivity index (χ1v) is 18.2. The van der Waals surface area contributed by atoms with Crippen LogP contribution in [-0.4, -0.2) is 54.9 Å². The molecule has 0 bridgehead atoms. The summed E-state index contributed by atoms with van der Waals surface area (Å²) in [6.07, 6.45) is 3.10. The number of amides is 1. The number of rotatable bonds is 9. The highest BCUT2D eigenvalue weighted by Gasteiger charge is 2.38. The van der Waals surface area contributed by atoms with E-state index in [0.717, 1.165) is 4.09 Å². The van der Waals surface area contributed by atoms with Gasteiger partial charge in [0.25, 0.3) is 10.0 Å². The second-order valence-electron chi connectivity index (χ2n) is 12.0. The van der Waals surface area contributed by atoms with Crippen LogP contribution in [0.3, 0.4) is 0 Å². The zero-order chi connectivity index (χ0) is 30.3. The first-order chi connectivity index (χ1) is 19.8. The van der Waals surface area contributed by atoms with Crippen LogP contribution in [0.1, 0.15) is 43.6 Å². The van der Waals surface area contributed by atoms with Crippen molar-refractivity contribution in [2.24, 2.45) is 0 Å². The first kappa shape index (κ1) is 30.0. The molecule has 0 fully saturated rings. The average molecular weight is 610 g/mol. The minimum Gasteiger partial charge on any atom is -0.416 e. The molecule has 42 heavy (non-hydrogen) atoms. The van der Waals surface area contributed by atoms with E-state index in [0.29, 0.717) is 35.3 Å². The number of hydrogen-bond donors (Lipinski definition) is 1. The van der Waals surface area contributed by atoms with Crippen molar-refractivity contribution in [3.8, 4) is 0 Å². The smallest absolute Gasteiger partial charge is 0.282 e. The molecule has 0 saturated heterocycles. The minimum absolute atomic E-state index is 0.0441. The molecule has 1 aliphatic rings. The molecule has 1 atom stereocenters. The van der Waals surface area contributed by atoms with Gasteiger partial charge in [-0.2, -0.15) is 17.6 Å². The Labute approximate surface area is 246 Å². The molecule has 12 heteroatoms. The number of pyridine rings is 1. The number of hydrogen-bond acceptors (Lipinski definition) is 7. The van der Waals surface area contributed by atoms with Gasteiger partial charge >= 0.3 is 0 Å². The molecule has 1 amide bonds. The van der Waals surface area contributed by atoms with Crippen LogP contribution in [0.4, 0.5) is 4.39 Å². The lowest BCUT2D eigenvalue weighted by molar-refractivity contribution is -0.134. The number of benzene rings is 2. The fourth-order valence-corrected chi connectivity index (χ4v) is 6.93. The molecule has 0 spiro atoms. The van der Waals surface area contributed by atoms with Gasteiger partial charge < -0.3 is 9.33 Å². The summed E-state index contributed by atoms with van der Waals surface area (Å²) in [5, 5.41) is 8.29. The Morgan fingerprint density at radius 2 is 1.88 bits per heavy atom. The summed E-state index contributed by atoms with van der Waals surface area (Å²) in [6, 6.07) is 13.6. The summed E-state index contributed by atoms with van der Waals surface area (Å²) >= 11 is 0. The molecule has 9 nitrogen and oxygen atoms in total. The van der Waals surface area contributed by atoms with Crippen molar-refractivity contribution in [2.75, 3.05) is 13.2 Å². The fourth-order valence-electron chi connectivity index (χ4n) is 4.68. The van der Waals surface area contributed by atoms with Crippen molar-refractivity contribution >= 4 is 35.2 Å². The van der Waals surface area contributed by atoms with Gasteiger partial charge in [-0.25, -0.2) is 4.39 Å². The lowest BCUT2D eigenvalue weighted by Crippen LogP contribution is -2.44. The molecule has 4 aromatic rings. The van der Waals surface area contributed by atoms with Crippen LogP contribution in [0.5, 0.6) is 0 Å². The molecule has 222 valence electrons. The SMILES string of the molecule is CC(C)(C)[Si](C)(C)OCCNC(C(=O)N1Cc2cn(S(=O)(=O)c3ccc4ncccc4c3)nc2C1)c1ccccc1F. The van der Waals surface area contributed by atoms with Crippen LogP contribution in [0.25, 0.3) is 10.9 Å². The Balaban J connectivity index is 1.31. The van der Waals surface area contributed by atoms with Gasteiger partial charge in [-0.1, -0.05) is 45.0 Å². The Morgan fingerprint density at radius 1 is 1.12 bits per heavy atom. The van der Waals surface area contributed by atoms with E-state index in [1.54, 1.807) is 53.6 Å². The Hall–Kier alpha value is -3.45. The van der Waals surface area contributed by atoms with Crippen molar-refractivity contribution < 1.29 is 22.0 Å². The molecule has 3 heterocycles. The van der Waals surface area contributed by atoms with E-state index in [1.807, 2.05) is 0 Å². The predicted octanol–water partition coefficient (Wildman–Crippen LogP) is 5.00. The van der Waals surface area contributed by atoms with E-state index in [2.05, 4.69) is 49.3 Å². The second-order valence-corrected chi connectivity index (χ2v) is 18.7. The largest absolute Gasteiger partial charge is 0.416 e. The minimum atomic E-state index is -3.95. The van der Waals surface area contributed by atoms with Crippen LogP contribution < -0.4 is 5.32 Å². The van der Waals surface area contributed by atoms with Gasteiger partial charge in [-0.15, -0.1) is 0 Å². The number of carbonyl (C=O) groups excluding carboxylic acids is 1. The molecule has 0 saturated carbocycles. The summed E-state index contributed by atoms with van der Waals surface area (Å²) in [6.45, 7) is 11.8. The highest BCUT2D eigenvalue weighted by molar-refractivity contribution is 7.89. The van der Waals surface area contributed by atoms with Gasteiger partial charge in [0.15, 0.2) is 8.32 Å². The molecule has 1 aliphatic heterocycles. The molecule has 2 aromatic carbocycles. The summed E-state index contributed by atoms with van der Waals surface area (Å²) in [4.78, 5) is 19.7. The maximum atomic E-state index is 14.9. The maximum absolute atomic E-state index is 14.9. The monoisotopic (exact) mass is 609 g/mol. The van der Waals surface area contributed by atoms with Crippen LogP contribution in [0, 0.1) is 5.82 Å². The number of nitrogens with zero attached hydrogens (tertiary/aromatic N) is 4. The lowest BCUT2D eigenvalue weighted by atomic mass is 10.0. The molecular formula is C30H36FN5O4SSi. The highest BCUT2D eigenvalue weighted by atomic mass is 32.2. The number of aromatic nitrogens is 3. The fraction of sp³-hybridized carbons (Fsp3) is 0.367. The van der Waals surface area contributed by atoms with Gasteiger partial charge in [0.1, 0.15) is 11.9 Å². The van der Waals surface area contributed by atoms with E-state index in [-0.39, 0.29) is 34.5 Å². The van der Waals surface area contributed by atoms with E-state index >= 15 is 0 Å². The number of carbonyl (C=O) groups is 1. The van der Waals surface area contributed by atoms with E-state index in [1.165, 1.54) is 18.3 Å². The van der Waals surface area contributed by atoms with Crippen molar-refractivity contribution in [1.82, 2.24) is 24.4 Å². The second kappa shape index (κ2) is 11.3.